The van der Waals surface area contributed by atoms with Crippen molar-refractivity contribution in [3.63, 3.8) is 0 Å². The van der Waals surface area contributed by atoms with E-state index in [1.54, 1.807) is 0 Å². The highest BCUT2D eigenvalue weighted by Crippen LogP contribution is 2.57. The predicted octanol–water partition coefficient (Wildman–Crippen LogP) is 2.03. The maximum absolute atomic E-state index is 3.48. The minimum Gasteiger partial charge on any atom is -0.316 e. The quantitative estimate of drug-likeness (QED) is 0.654. The summed E-state index contributed by atoms with van der Waals surface area (Å²) < 4.78 is 0. The van der Waals surface area contributed by atoms with Crippen LogP contribution in [-0.2, 0) is 0 Å². The molecule has 0 saturated heterocycles. The van der Waals surface area contributed by atoms with Gasteiger partial charge in [-0.3, -0.25) is 0 Å². The van der Waals surface area contributed by atoms with Crippen molar-refractivity contribution in [2.75, 3.05) is 7.05 Å². The van der Waals surface area contributed by atoms with Gasteiger partial charge in [0.1, 0.15) is 0 Å². The smallest absolute Gasteiger partial charge is 0.0126 e. The molecule has 2 rings (SSSR count). The Morgan fingerprint density at radius 1 is 1.36 bits per heavy atom. The molecule has 0 spiro atoms. The van der Waals surface area contributed by atoms with Crippen LogP contribution in [0.25, 0.3) is 0 Å². The number of nitrogens with one attached hydrogen (secondary N) is 1. The Bertz CT molecular complexity index is 158. The molecule has 2 saturated carbocycles. The molecule has 64 valence electrons. The summed E-state index contributed by atoms with van der Waals surface area (Å²) in [6.07, 6.45) is 4.38. The van der Waals surface area contributed by atoms with Crippen molar-refractivity contribution in [1.29, 1.82) is 0 Å². The fourth-order valence-electron chi connectivity index (χ4n) is 2.34. The predicted molar refractivity (Wildman–Crippen MR) is 47.5 cm³/mol. The van der Waals surface area contributed by atoms with Crippen LogP contribution in [0.4, 0.5) is 0 Å². The van der Waals surface area contributed by atoms with Gasteiger partial charge in [-0.05, 0) is 43.6 Å². The minimum atomic E-state index is 0.649. The Hall–Kier alpha value is -0.0400. The van der Waals surface area contributed by atoms with E-state index in [0.29, 0.717) is 5.41 Å². The molecule has 2 fully saturated rings. The maximum Gasteiger partial charge on any atom is 0.0126 e. The normalized spacial score (nSPS) is 36.8. The highest BCUT2D eigenvalue weighted by atomic mass is 14.9. The topological polar surface area (TPSA) is 12.0 Å². The minimum absolute atomic E-state index is 0.649. The van der Waals surface area contributed by atoms with Gasteiger partial charge in [0.05, 0.1) is 0 Å². The molecule has 2 unspecified atom stereocenters. The molecular weight excluding hydrogens is 134 g/mol. The molecule has 0 amide bonds. The maximum atomic E-state index is 3.48. The Balaban J connectivity index is 1.92. The van der Waals surface area contributed by atoms with Crippen LogP contribution in [0.1, 0.15) is 33.1 Å². The molecule has 2 atom stereocenters. The third-order valence-electron chi connectivity index (χ3n) is 3.49. The first kappa shape index (κ1) is 7.60. The van der Waals surface area contributed by atoms with Gasteiger partial charge in [0, 0.05) is 6.04 Å². The molecular formula is C10H19N. The fourth-order valence-corrected chi connectivity index (χ4v) is 2.34. The zero-order chi connectivity index (χ0) is 8.06. The first-order valence-corrected chi connectivity index (χ1v) is 4.82. The Morgan fingerprint density at radius 3 is 2.18 bits per heavy atom. The van der Waals surface area contributed by atoms with E-state index in [4.69, 9.17) is 0 Å². The van der Waals surface area contributed by atoms with Gasteiger partial charge in [-0.15, -0.1) is 0 Å². The average Bonchev–Trinajstić information content (AvgIpc) is 2.76. The van der Waals surface area contributed by atoms with Gasteiger partial charge in [-0.2, -0.15) is 0 Å². The summed E-state index contributed by atoms with van der Waals surface area (Å²) in [5, 5.41) is 3.48. The lowest BCUT2D eigenvalue weighted by atomic mass is 10.0. The van der Waals surface area contributed by atoms with Crippen molar-refractivity contribution in [1.82, 2.24) is 5.32 Å². The number of hydrogen-bond donors (Lipinski definition) is 1. The number of rotatable bonds is 3. The molecule has 1 N–H and O–H groups in total. The van der Waals surface area contributed by atoms with Crippen LogP contribution in [0.15, 0.2) is 0 Å². The molecule has 0 aliphatic heterocycles. The van der Waals surface area contributed by atoms with E-state index in [2.05, 4.69) is 26.2 Å². The SMILES string of the molecule is CNC(C1CC1)C1CC1(C)C. The van der Waals surface area contributed by atoms with Gasteiger partial charge in [-0.25, -0.2) is 0 Å². The lowest BCUT2D eigenvalue weighted by molar-refractivity contribution is 0.392. The van der Waals surface area contributed by atoms with E-state index in [1.165, 1.54) is 19.3 Å². The van der Waals surface area contributed by atoms with Crippen LogP contribution >= 0.6 is 0 Å². The van der Waals surface area contributed by atoms with E-state index in [0.717, 1.165) is 17.9 Å². The highest BCUT2D eigenvalue weighted by molar-refractivity contribution is 5.05. The van der Waals surface area contributed by atoms with Crippen LogP contribution in [0.5, 0.6) is 0 Å². The van der Waals surface area contributed by atoms with E-state index in [1.807, 2.05) is 0 Å². The Morgan fingerprint density at radius 2 is 1.91 bits per heavy atom. The first-order valence-electron chi connectivity index (χ1n) is 4.82. The third-order valence-corrected chi connectivity index (χ3v) is 3.49. The molecule has 1 heteroatoms. The summed E-state index contributed by atoms with van der Waals surface area (Å²) in [5.41, 5.74) is 0.649. The lowest BCUT2D eigenvalue weighted by Gasteiger charge is -2.16. The van der Waals surface area contributed by atoms with Crippen molar-refractivity contribution >= 4 is 0 Å². The van der Waals surface area contributed by atoms with E-state index < -0.39 is 0 Å². The molecule has 2 aliphatic carbocycles. The average molecular weight is 153 g/mol. The lowest BCUT2D eigenvalue weighted by Crippen LogP contribution is -2.31. The van der Waals surface area contributed by atoms with E-state index in [9.17, 15) is 0 Å². The van der Waals surface area contributed by atoms with Crippen LogP contribution in [-0.4, -0.2) is 13.1 Å². The van der Waals surface area contributed by atoms with Gasteiger partial charge in [0.2, 0.25) is 0 Å². The molecule has 11 heavy (non-hydrogen) atoms. The molecule has 1 nitrogen and oxygen atoms in total. The zero-order valence-electron chi connectivity index (χ0n) is 7.85. The summed E-state index contributed by atoms with van der Waals surface area (Å²) in [6, 6.07) is 0.838. The van der Waals surface area contributed by atoms with Gasteiger partial charge < -0.3 is 5.32 Å². The zero-order valence-corrected chi connectivity index (χ0v) is 7.85. The van der Waals surface area contributed by atoms with Crippen molar-refractivity contribution < 1.29 is 0 Å². The van der Waals surface area contributed by atoms with Gasteiger partial charge in [-0.1, -0.05) is 13.8 Å². The summed E-state index contributed by atoms with van der Waals surface area (Å²) in [5.74, 6) is 1.99. The summed E-state index contributed by atoms with van der Waals surface area (Å²) in [7, 11) is 2.12. The van der Waals surface area contributed by atoms with Gasteiger partial charge in [0.25, 0.3) is 0 Å². The van der Waals surface area contributed by atoms with Crippen molar-refractivity contribution in [2.45, 2.75) is 39.2 Å². The van der Waals surface area contributed by atoms with Gasteiger partial charge in [0.15, 0.2) is 0 Å². The molecule has 0 aromatic heterocycles. The molecule has 0 aromatic carbocycles. The van der Waals surface area contributed by atoms with Gasteiger partial charge >= 0.3 is 0 Å². The molecule has 2 aliphatic rings. The summed E-state index contributed by atoms with van der Waals surface area (Å²) in [6.45, 7) is 4.79. The Kier molecular flexibility index (Phi) is 1.54. The molecule has 0 heterocycles. The van der Waals surface area contributed by atoms with Crippen LogP contribution in [0.3, 0.4) is 0 Å². The van der Waals surface area contributed by atoms with Crippen LogP contribution < -0.4 is 5.32 Å². The highest BCUT2D eigenvalue weighted by Gasteiger charge is 2.53. The molecule has 0 bridgehead atoms. The standard InChI is InChI=1S/C10H19N/c1-10(2)6-8(10)9(11-3)7-4-5-7/h7-9,11H,4-6H2,1-3H3. The second kappa shape index (κ2) is 2.22. The van der Waals surface area contributed by atoms with Crippen molar-refractivity contribution in [2.24, 2.45) is 17.3 Å². The summed E-state index contributed by atoms with van der Waals surface area (Å²) in [4.78, 5) is 0. The third kappa shape index (κ3) is 1.31. The first-order chi connectivity index (χ1) is 5.15. The van der Waals surface area contributed by atoms with Crippen LogP contribution in [0.2, 0.25) is 0 Å². The summed E-state index contributed by atoms with van der Waals surface area (Å²) >= 11 is 0. The second-order valence-electron chi connectivity index (χ2n) is 4.95. The van der Waals surface area contributed by atoms with E-state index in [-0.39, 0.29) is 0 Å². The molecule has 0 aromatic rings. The van der Waals surface area contributed by atoms with E-state index >= 15 is 0 Å². The Labute approximate surface area is 69.6 Å². The fraction of sp³-hybridized carbons (Fsp3) is 1.00. The number of hydrogen-bond acceptors (Lipinski definition) is 1. The van der Waals surface area contributed by atoms with Crippen molar-refractivity contribution in [3.05, 3.63) is 0 Å². The second-order valence-corrected chi connectivity index (χ2v) is 4.95. The van der Waals surface area contributed by atoms with Crippen LogP contribution in [0, 0.1) is 17.3 Å². The monoisotopic (exact) mass is 153 g/mol. The molecule has 0 radical (unpaired) electrons. The van der Waals surface area contributed by atoms with Crippen molar-refractivity contribution in [3.8, 4) is 0 Å². The largest absolute Gasteiger partial charge is 0.316 e.